The number of aliphatic hydroxyl groups excluding tert-OH is 1. The number of aliphatic hydroxyl groups is 1. The summed E-state index contributed by atoms with van der Waals surface area (Å²) in [5, 5.41) is 7.89. The molecule has 1 unspecified atom stereocenters. The van der Waals surface area contributed by atoms with Crippen LogP contribution in [0.3, 0.4) is 0 Å². The summed E-state index contributed by atoms with van der Waals surface area (Å²) >= 11 is 4.73. The van der Waals surface area contributed by atoms with Gasteiger partial charge in [0.2, 0.25) is 11.2 Å². The molecular formula is C2H3ClO3P+. The van der Waals surface area contributed by atoms with E-state index in [-0.39, 0.29) is 0 Å². The van der Waals surface area contributed by atoms with Crippen LogP contribution in [0.25, 0.3) is 0 Å². The Bertz CT molecular complexity index is 101. The molecular weight excluding hydrogens is 138 g/mol. The minimum Gasteiger partial charge on any atom is -0.384 e. The van der Waals surface area contributed by atoms with Gasteiger partial charge in [-0.3, -0.25) is 0 Å². The third-order valence-corrected chi connectivity index (χ3v) is 1.43. The van der Waals surface area contributed by atoms with Crippen molar-refractivity contribution >= 4 is 23.9 Å². The molecule has 40 valence electrons. The molecule has 0 radical (unpaired) electrons. The SMILES string of the molecule is O=C(CO)[P+](=O)Cl. The zero-order chi connectivity index (χ0) is 5.86. The van der Waals surface area contributed by atoms with E-state index in [1.54, 1.807) is 0 Å². The van der Waals surface area contributed by atoms with Gasteiger partial charge in [-0.15, -0.1) is 0 Å². The lowest BCUT2D eigenvalue weighted by Gasteiger charge is -1.66. The molecule has 0 rings (SSSR count). The predicted molar refractivity (Wildman–Crippen MR) is 25.6 cm³/mol. The van der Waals surface area contributed by atoms with Crippen LogP contribution in [0.1, 0.15) is 0 Å². The van der Waals surface area contributed by atoms with Gasteiger partial charge in [0.05, 0.1) is 0 Å². The second-order valence-electron chi connectivity index (χ2n) is 0.797. The summed E-state index contributed by atoms with van der Waals surface area (Å²) in [5.74, 6) is 0. The van der Waals surface area contributed by atoms with Crippen LogP contribution < -0.4 is 0 Å². The lowest BCUT2D eigenvalue weighted by atomic mass is 10.8. The standard InChI is InChI=1S/C2H3ClO3P/c3-7(6)2(5)1-4/h4H,1H2/q+1. The van der Waals surface area contributed by atoms with Crippen LogP contribution in [-0.2, 0) is 9.36 Å². The van der Waals surface area contributed by atoms with Crippen molar-refractivity contribution in [2.75, 3.05) is 6.61 Å². The molecule has 0 spiro atoms. The molecule has 1 atom stereocenters. The van der Waals surface area contributed by atoms with Crippen molar-refractivity contribution in [2.24, 2.45) is 0 Å². The quantitative estimate of drug-likeness (QED) is 0.570. The van der Waals surface area contributed by atoms with Crippen molar-refractivity contribution in [3.05, 3.63) is 0 Å². The van der Waals surface area contributed by atoms with E-state index in [4.69, 9.17) is 16.3 Å². The molecule has 1 N–H and O–H groups in total. The Balaban J connectivity index is 3.58. The van der Waals surface area contributed by atoms with Gasteiger partial charge in [0.25, 0.3) is 0 Å². The Morgan fingerprint density at radius 2 is 2.29 bits per heavy atom. The topological polar surface area (TPSA) is 54.4 Å². The zero-order valence-electron chi connectivity index (χ0n) is 3.30. The molecule has 0 aliphatic heterocycles. The van der Waals surface area contributed by atoms with Crippen LogP contribution in [0, 0.1) is 0 Å². The summed E-state index contributed by atoms with van der Waals surface area (Å²) in [7, 11) is -2.33. The van der Waals surface area contributed by atoms with Gasteiger partial charge in [-0.2, -0.15) is 0 Å². The van der Waals surface area contributed by atoms with E-state index in [1.165, 1.54) is 0 Å². The van der Waals surface area contributed by atoms with E-state index in [9.17, 15) is 9.36 Å². The van der Waals surface area contributed by atoms with E-state index in [0.29, 0.717) is 0 Å². The Hall–Kier alpha value is 0.0200. The maximum absolute atomic E-state index is 9.85. The first-order chi connectivity index (χ1) is 3.18. The average molecular weight is 141 g/mol. The highest BCUT2D eigenvalue weighted by molar-refractivity contribution is 7.87. The van der Waals surface area contributed by atoms with Crippen LogP contribution >= 0.6 is 18.4 Å². The highest BCUT2D eigenvalue weighted by Gasteiger charge is 2.23. The molecule has 0 aromatic rings. The molecule has 0 heterocycles. The van der Waals surface area contributed by atoms with Crippen LogP contribution in [0.4, 0.5) is 0 Å². The maximum Gasteiger partial charge on any atom is 0.534 e. The average Bonchev–Trinajstić information content (AvgIpc) is 1.65. The Morgan fingerprint density at radius 1 is 1.86 bits per heavy atom. The van der Waals surface area contributed by atoms with Crippen molar-refractivity contribution in [1.29, 1.82) is 0 Å². The van der Waals surface area contributed by atoms with Gasteiger partial charge in [0, 0.05) is 0 Å². The maximum atomic E-state index is 9.85. The number of halogens is 1. The van der Waals surface area contributed by atoms with Gasteiger partial charge >= 0.3 is 12.7 Å². The van der Waals surface area contributed by atoms with Crippen LogP contribution in [0.15, 0.2) is 0 Å². The summed E-state index contributed by atoms with van der Waals surface area (Å²) in [6.07, 6.45) is 0. The van der Waals surface area contributed by atoms with Crippen molar-refractivity contribution in [1.82, 2.24) is 0 Å². The molecule has 3 nitrogen and oxygen atoms in total. The smallest absolute Gasteiger partial charge is 0.384 e. The van der Waals surface area contributed by atoms with Gasteiger partial charge in [-0.25, -0.2) is 4.79 Å². The molecule has 0 fully saturated rings. The third-order valence-electron chi connectivity index (χ3n) is 0.331. The zero-order valence-corrected chi connectivity index (χ0v) is 4.95. The summed E-state index contributed by atoms with van der Waals surface area (Å²) < 4.78 is 9.78. The van der Waals surface area contributed by atoms with Crippen molar-refractivity contribution in [2.45, 2.75) is 0 Å². The second kappa shape index (κ2) is 3.08. The molecule has 0 saturated heterocycles. The van der Waals surface area contributed by atoms with Crippen molar-refractivity contribution in [3.63, 3.8) is 0 Å². The van der Waals surface area contributed by atoms with E-state index in [1.807, 2.05) is 0 Å². The highest BCUT2D eigenvalue weighted by Crippen LogP contribution is 2.26. The third kappa shape index (κ3) is 2.68. The Morgan fingerprint density at radius 3 is 2.29 bits per heavy atom. The second-order valence-corrected chi connectivity index (χ2v) is 2.71. The van der Waals surface area contributed by atoms with E-state index in [2.05, 4.69) is 0 Å². The van der Waals surface area contributed by atoms with Gasteiger partial charge < -0.3 is 5.11 Å². The molecule has 0 aromatic carbocycles. The Kier molecular flexibility index (Phi) is 3.09. The van der Waals surface area contributed by atoms with Gasteiger partial charge in [0.1, 0.15) is 0 Å². The number of hydrogen-bond acceptors (Lipinski definition) is 3. The predicted octanol–water partition coefficient (Wildman–Crippen LogP) is 0.486. The van der Waals surface area contributed by atoms with Gasteiger partial charge in [-0.1, -0.05) is 0 Å². The van der Waals surface area contributed by atoms with Crippen LogP contribution in [-0.4, -0.2) is 17.2 Å². The molecule has 0 aliphatic rings. The number of carbonyl (C=O) groups is 1. The lowest BCUT2D eigenvalue weighted by molar-refractivity contribution is -0.113. The van der Waals surface area contributed by atoms with Crippen LogP contribution in [0.2, 0.25) is 0 Å². The van der Waals surface area contributed by atoms with Crippen molar-refractivity contribution < 1.29 is 14.5 Å². The monoisotopic (exact) mass is 141 g/mol. The first kappa shape index (κ1) is 7.02. The fraction of sp³-hybridized carbons (Fsp3) is 0.500. The summed E-state index contributed by atoms with van der Waals surface area (Å²) in [6, 6.07) is 0. The lowest BCUT2D eigenvalue weighted by Crippen LogP contribution is -1.93. The van der Waals surface area contributed by atoms with E-state index in [0.717, 1.165) is 0 Å². The molecule has 0 saturated carbocycles. The van der Waals surface area contributed by atoms with E-state index >= 15 is 0 Å². The molecule has 5 heteroatoms. The van der Waals surface area contributed by atoms with Crippen molar-refractivity contribution in [3.8, 4) is 0 Å². The van der Waals surface area contributed by atoms with Crippen LogP contribution in [0.5, 0.6) is 0 Å². The fourth-order valence-electron chi connectivity index (χ4n) is 0.0556. The summed E-state index contributed by atoms with van der Waals surface area (Å²) in [5.41, 5.74) is -0.823. The first-order valence-electron chi connectivity index (χ1n) is 1.45. The number of rotatable bonds is 2. The molecule has 0 bridgehead atoms. The van der Waals surface area contributed by atoms with Gasteiger partial charge in [-0.05, 0) is 4.57 Å². The number of carbonyl (C=O) groups excluding carboxylic acids is 1. The highest BCUT2D eigenvalue weighted by atomic mass is 35.7. The minimum absolute atomic E-state index is 0.737. The van der Waals surface area contributed by atoms with Gasteiger partial charge in [0.15, 0.2) is 6.61 Å². The normalized spacial score (nSPS) is 10.9. The minimum atomic E-state index is -2.33. The summed E-state index contributed by atoms with van der Waals surface area (Å²) in [4.78, 5) is 9.85. The molecule has 0 aliphatic carbocycles. The fourth-order valence-corrected chi connectivity index (χ4v) is 0.327. The molecule has 7 heavy (non-hydrogen) atoms. The van der Waals surface area contributed by atoms with E-state index < -0.39 is 19.3 Å². The largest absolute Gasteiger partial charge is 0.534 e. The molecule has 0 aromatic heterocycles. The Labute approximate surface area is 45.9 Å². The first-order valence-corrected chi connectivity index (χ1v) is 3.61. The molecule has 0 amide bonds. The number of hydrogen-bond donors (Lipinski definition) is 1. The summed E-state index contributed by atoms with van der Waals surface area (Å²) in [6.45, 7) is -0.737.